The van der Waals surface area contributed by atoms with Crippen LogP contribution in [0.3, 0.4) is 0 Å². The van der Waals surface area contributed by atoms with Crippen LogP contribution in [0.1, 0.15) is 28.7 Å². The van der Waals surface area contributed by atoms with Crippen molar-refractivity contribution in [1.82, 2.24) is 9.99 Å². The molecule has 0 aliphatic carbocycles. The highest BCUT2D eigenvalue weighted by atomic mass is 16.5. The Hall–Kier alpha value is -2.76. The molecule has 0 atom stereocenters. The lowest BCUT2D eigenvalue weighted by molar-refractivity contribution is 0.0941. The number of carbonyl (C=O) groups excluding carboxylic acids is 1. The number of ether oxygens (including phenoxy) is 1. The van der Waals surface area contributed by atoms with Gasteiger partial charge in [-0.3, -0.25) is 14.3 Å². The molecule has 1 amide bonds. The van der Waals surface area contributed by atoms with Gasteiger partial charge in [-0.15, -0.1) is 0 Å². The molecule has 1 aromatic heterocycles. The summed E-state index contributed by atoms with van der Waals surface area (Å²) in [4.78, 5) is 24.3. The molecule has 22 heavy (non-hydrogen) atoms. The van der Waals surface area contributed by atoms with E-state index in [-0.39, 0.29) is 23.5 Å². The van der Waals surface area contributed by atoms with Crippen LogP contribution in [0.4, 0.5) is 0 Å². The van der Waals surface area contributed by atoms with Crippen LogP contribution in [-0.4, -0.2) is 17.1 Å². The summed E-state index contributed by atoms with van der Waals surface area (Å²) in [5.41, 5.74) is 1.05. The van der Waals surface area contributed by atoms with E-state index >= 15 is 0 Å². The van der Waals surface area contributed by atoms with Gasteiger partial charge in [0.15, 0.2) is 11.4 Å². The molecule has 0 unspecified atom stereocenters. The summed E-state index contributed by atoms with van der Waals surface area (Å²) in [5, 5.41) is 2.64. The third kappa shape index (κ3) is 3.28. The van der Waals surface area contributed by atoms with Crippen molar-refractivity contribution in [3.8, 4) is 5.75 Å². The Bertz CT molecular complexity index is 723. The zero-order valence-corrected chi connectivity index (χ0v) is 12.6. The molecule has 0 aliphatic rings. The quantitative estimate of drug-likeness (QED) is 0.812. The number of nitrogen functional groups attached to an aromatic ring is 1. The van der Waals surface area contributed by atoms with Crippen LogP contribution in [-0.2, 0) is 6.61 Å². The van der Waals surface area contributed by atoms with Gasteiger partial charge < -0.3 is 15.9 Å². The number of nitrogens with zero attached hydrogens (tertiary/aromatic N) is 1. The van der Waals surface area contributed by atoms with E-state index in [1.165, 1.54) is 10.7 Å². The van der Waals surface area contributed by atoms with Gasteiger partial charge in [0.1, 0.15) is 6.61 Å². The third-order valence-corrected chi connectivity index (χ3v) is 3.18. The third-order valence-electron chi connectivity index (χ3n) is 3.18. The molecule has 0 spiro atoms. The lowest BCUT2D eigenvalue weighted by Crippen LogP contribution is -2.33. The molecule has 2 rings (SSSR count). The molecule has 0 fully saturated rings. The van der Waals surface area contributed by atoms with E-state index in [0.717, 1.165) is 5.56 Å². The number of nitrogens with two attached hydrogens (primary N) is 1. The van der Waals surface area contributed by atoms with E-state index in [0.29, 0.717) is 12.2 Å². The van der Waals surface area contributed by atoms with Gasteiger partial charge in [0.2, 0.25) is 5.43 Å². The minimum Gasteiger partial charge on any atom is -0.482 e. The first-order valence-electron chi connectivity index (χ1n) is 7.01. The Kier molecular flexibility index (Phi) is 4.83. The van der Waals surface area contributed by atoms with Gasteiger partial charge >= 0.3 is 0 Å². The number of nitrogens with one attached hydrogen (secondary N) is 1. The smallest absolute Gasteiger partial charge is 0.273 e. The average molecular weight is 301 g/mol. The van der Waals surface area contributed by atoms with Crippen LogP contribution in [0, 0.1) is 6.92 Å². The van der Waals surface area contributed by atoms with Crippen molar-refractivity contribution in [2.75, 3.05) is 12.4 Å². The Morgan fingerprint density at radius 1 is 1.32 bits per heavy atom. The van der Waals surface area contributed by atoms with Crippen LogP contribution in [0.15, 0.2) is 41.2 Å². The summed E-state index contributed by atoms with van der Waals surface area (Å²) < 4.78 is 6.76. The van der Waals surface area contributed by atoms with Gasteiger partial charge in [-0.05, 0) is 19.4 Å². The maximum Gasteiger partial charge on any atom is 0.273 e. The first-order chi connectivity index (χ1) is 10.5. The van der Waals surface area contributed by atoms with Crippen LogP contribution in [0.5, 0.6) is 5.75 Å². The first kappa shape index (κ1) is 15.6. The summed E-state index contributed by atoms with van der Waals surface area (Å²) in [6.07, 6.45) is 0. The summed E-state index contributed by atoms with van der Waals surface area (Å²) >= 11 is 0. The van der Waals surface area contributed by atoms with Crippen molar-refractivity contribution in [3.05, 3.63) is 63.6 Å². The fraction of sp³-hybridized carbons (Fsp3) is 0.250. The molecule has 0 aliphatic heterocycles. The fourth-order valence-electron chi connectivity index (χ4n) is 2.05. The topological polar surface area (TPSA) is 86.3 Å². The standard InChI is InChI=1S/C16H19N3O3/c1-3-18-16(21)14-15(13(20)9-11(2)19(14)17)22-10-12-7-5-4-6-8-12/h4-9H,3,10,17H2,1-2H3,(H,18,21). The minimum absolute atomic E-state index is 0.0304. The highest BCUT2D eigenvalue weighted by Crippen LogP contribution is 2.15. The second-order valence-electron chi connectivity index (χ2n) is 4.83. The molecule has 3 N–H and O–H groups in total. The van der Waals surface area contributed by atoms with Crippen molar-refractivity contribution in [1.29, 1.82) is 0 Å². The number of carbonyl (C=O) groups is 1. The largest absolute Gasteiger partial charge is 0.482 e. The Morgan fingerprint density at radius 3 is 2.64 bits per heavy atom. The Labute approximate surface area is 128 Å². The van der Waals surface area contributed by atoms with E-state index in [9.17, 15) is 9.59 Å². The van der Waals surface area contributed by atoms with Crippen LogP contribution >= 0.6 is 0 Å². The molecule has 0 bridgehead atoms. The number of hydrogen-bond donors (Lipinski definition) is 2. The summed E-state index contributed by atoms with van der Waals surface area (Å²) in [6, 6.07) is 10.7. The van der Waals surface area contributed by atoms with E-state index in [1.807, 2.05) is 30.3 Å². The molecular formula is C16H19N3O3. The van der Waals surface area contributed by atoms with Crippen molar-refractivity contribution in [2.24, 2.45) is 0 Å². The molecule has 116 valence electrons. The van der Waals surface area contributed by atoms with Gasteiger partial charge in [-0.1, -0.05) is 30.3 Å². The fourth-order valence-corrected chi connectivity index (χ4v) is 2.05. The number of benzene rings is 1. The predicted molar refractivity (Wildman–Crippen MR) is 84.4 cm³/mol. The average Bonchev–Trinajstić information content (AvgIpc) is 2.50. The van der Waals surface area contributed by atoms with Gasteiger partial charge in [0, 0.05) is 18.3 Å². The monoisotopic (exact) mass is 301 g/mol. The van der Waals surface area contributed by atoms with Crippen molar-refractivity contribution < 1.29 is 9.53 Å². The van der Waals surface area contributed by atoms with Crippen molar-refractivity contribution in [2.45, 2.75) is 20.5 Å². The van der Waals surface area contributed by atoms with Crippen LogP contribution in [0.2, 0.25) is 0 Å². The highest BCUT2D eigenvalue weighted by molar-refractivity contribution is 5.95. The molecule has 0 saturated heterocycles. The van der Waals surface area contributed by atoms with Crippen molar-refractivity contribution in [3.63, 3.8) is 0 Å². The molecule has 6 nitrogen and oxygen atoms in total. The zero-order chi connectivity index (χ0) is 16.1. The second-order valence-corrected chi connectivity index (χ2v) is 4.83. The number of hydrogen-bond acceptors (Lipinski definition) is 4. The Balaban J connectivity index is 2.39. The van der Waals surface area contributed by atoms with E-state index < -0.39 is 5.91 Å². The number of rotatable bonds is 5. The second kappa shape index (κ2) is 6.80. The molecular weight excluding hydrogens is 282 g/mol. The SMILES string of the molecule is CCNC(=O)c1c(OCc2ccccc2)c(=O)cc(C)n1N. The van der Waals surface area contributed by atoms with Crippen molar-refractivity contribution >= 4 is 5.91 Å². The number of pyridine rings is 1. The normalized spacial score (nSPS) is 10.3. The van der Waals surface area contributed by atoms with E-state index in [1.54, 1.807) is 13.8 Å². The van der Waals surface area contributed by atoms with E-state index in [2.05, 4.69) is 5.32 Å². The number of aromatic nitrogens is 1. The van der Waals surface area contributed by atoms with Crippen LogP contribution in [0.25, 0.3) is 0 Å². The van der Waals surface area contributed by atoms with Gasteiger partial charge in [0.05, 0.1) is 0 Å². The molecule has 1 heterocycles. The molecule has 0 saturated carbocycles. The predicted octanol–water partition coefficient (Wildman–Crippen LogP) is 1.20. The molecule has 1 aromatic carbocycles. The highest BCUT2D eigenvalue weighted by Gasteiger charge is 2.20. The lowest BCUT2D eigenvalue weighted by atomic mass is 10.2. The van der Waals surface area contributed by atoms with Gasteiger partial charge in [-0.25, -0.2) is 0 Å². The Morgan fingerprint density at radius 2 is 2.00 bits per heavy atom. The lowest BCUT2D eigenvalue weighted by Gasteiger charge is -2.16. The van der Waals surface area contributed by atoms with Gasteiger partial charge in [-0.2, -0.15) is 0 Å². The van der Waals surface area contributed by atoms with E-state index in [4.69, 9.17) is 10.6 Å². The molecule has 6 heteroatoms. The first-order valence-corrected chi connectivity index (χ1v) is 7.01. The number of amides is 1. The maximum atomic E-state index is 12.2. The van der Waals surface area contributed by atoms with Crippen LogP contribution < -0.4 is 21.3 Å². The summed E-state index contributed by atoms with van der Waals surface area (Å²) in [7, 11) is 0. The zero-order valence-electron chi connectivity index (χ0n) is 12.6. The van der Waals surface area contributed by atoms with Gasteiger partial charge in [0.25, 0.3) is 5.91 Å². The summed E-state index contributed by atoms with van der Waals surface area (Å²) in [6.45, 7) is 4.06. The number of aryl methyl sites for hydroxylation is 1. The minimum atomic E-state index is -0.436. The summed E-state index contributed by atoms with van der Waals surface area (Å²) in [5.74, 6) is 5.41. The maximum absolute atomic E-state index is 12.2. The molecule has 0 radical (unpaired) electrons. The molecule has 2 aromatic rings.